The number of aliphatic hydroxyl groups excluding tert-OH is 2. The molecule has 0 aliphatic carbocycles. The number of anilines is 1. The second-order valence-electron chi connectivity index (χ2n) is 7.71. The van der Waals surface area contributed by atoms with Crippen molar-refractivity contribution >= 4 is 21.5 Å². The Morgan fingerprint density at radius 2 is 1.74 bits per heavy atom. The largest absolute Gasteiger partial charge is 1.00 e. The number of nitrogens with two attached hydrogens (primary N) is 1. The van der Waals surface area contributed by atoms with E-state index in [0.717, 1.165) is 10.8 Å². The van der Waals surface area contributed by atoms with Crippen molar-refractivity contribution in [1.82, 2.24) is 9.55 Å². The number of quaternary nitrogens is 1. The van der Waals surface area contributed by atoms with Crippen LogP contribution in [0.4, 0.5) is 5.82 Å². The fourth-order valence-corrected chi connectivity index (χ4v) is 4.47. The molecule has 1 saturated heterocycles. The summed E-state index contributed by atoms with van der Waals surface area (Å²) in [6.07, 6.45) is -5.01. The summed E-state index contributed by atoms with van der Waals surface area (Å²) in [7, 11) is -5.36. The van der Waals surface area contributed by atoms with Gasteiger partial charge in [0, 0.05) is 6.20 Å². The molecule has 2 heterocycles. The molecule has 17 nitrogen and oxygen atoms in total. The average molecular weight is 546 g/mol. The maximum Gasteiger partial charge on any atom is 1.00 e. The zero-order valence-electron chi connectivity index (χ0n) is 19.0. The first-order valence-corrected chi connectivity index (χ1v) is 11.8. The van der Waals surface area contributed by atoms with E-state index in [1.807, 2.05) is 0 Å². The van der Waals surface area contributed by atoms with Gasteiger partial charge in [0.05, 0.1) is 27.7 Å². The van der Waals surface area contributed by atoms with Gasteiger partial charge in [-0.15, -0.1) is 0 Å². The van der Waals surface area contributed by atoms with E-state index in [1.54, 1.807) is 21.1 Å². The Balaban J connectivity index is 0. The number of aliphatic hydroxyl groups is 2. The number of aromatic nitrogens is 2. The first-order chi connectivity index (χ1) is 14.1. The van der Waals surface area contributed by atoms with E-state index >= 15 is 0 Å². The minimum Gasteiger partial charge on any atom is -0.756 e. The van der Waals surface area contributed by atoms with E-state index in [9.17, 15) is 33.9 Å². The summed E-state index contributed by atoms with van der Waals surface area (Å²) < 4.78 is 42.9. The topological polar surface area (TPSA) is 282 Å². The van der Waals surface area contributed by atoms with Crippen LogP contribution in [0, 0.1) is 0 Å². The number of hydrogen-bond donors (Lipinski definition) is 3. The molecule has 0 saturated carbocycles. The normalized spacial score (nSPS) is 25.7. The van der Waals surface area contributed by atoms with E-state index < -0.39 is 52.5 Å². The van der Waals surface area contributed by atoms with Crippen molar-refractivity contribution in [3.63, 3.8) is 0 Å². The Bertz CT molecular complexity index is 930. The van der Waals surface area contributed by atoms with Crippen molar-refractivity contribution in [2.24, 2.45) is 0 Å². The molecule has 6 atom stereocenters. The minimum absolute atomic E-state index is 0. The minimum atomic E-state index is -5.43. The number of likely N-dealkylation sites (N-methyl/N-ethyl adjacent to an activating group) is 1. The number of hydrogen-bond acceptors (Lipinski definition) is 13. The first kappa shape index (κ1) is 35.9. The van der Waals surface area contributed by atoms with Gasteiger partial charge in [0.25, 0.3) is 15.6 Å². The van der Waals surface area contributed by atoms with Crippen LogP contribution in [-0.2, 0) is 27.2 Å². The SMILES string of the molecule is C[N+](C)(C)CCOP(=O)([O-])OP(=O)([O-])OC[C@H]1O[C@@H](n2ccc(N)nc2=O)C(O)C1O.O.O.[Na+]. The summed E-state index contributed by atoms with van der Waals surface area (Å²) >= 11 is 0. The van der Waals surface area contributed by atoms with Gasteiger partial charge in [-0.3, -0.25) is 13.7 Å². The molecular weight excluding hydrogens is 517 g/mol. The predicted octanol–water partition coefficient (Wildman–Crippen LogP) is -7.51. The molecule has 1 fully saturated rings. The third-order valence-electron chi connectivity index (χ3n) is 4.07. The van der Waals surface area contributed by atoms with E-state index in [-0.39, 0.29) is 59.5 Å². The van der Waals surface area contributed by atoms with Crippen LogP contribution in [0.25, 0.3) is 0 Å². The molecule has 1 aromatic heterocycles. The molecule has 0 radical (unpaired) electrons. The van der Waals surface area contributed by atoms with Crippen molar-refractivity contribution in [2.45, 2.75) is 24.5 Å². The summed E-state index contributed by atoms with van der Waals surface area (Å²) in [5.74, 6) is -0.0793. The number of phosphoric ester groups is 2. The molecule has 0 bridgehead atoms. The van der Waals surface area contributed by atoms with E-state index in [2.05, 4.69) is 18.3 Å². The van der Waals surface area contributed by atoms with Gasteiger partial charge in [0.1, 0.15) is 37.3 Å². The summed E-state index contributed by atoms with van der Waals surface area (Å²) in [6.45, 7) is -0.987. The Morgan fingerprint density at radius 3 is 2.26 bits per heavy atom. The van der Waals surface area contributed by atoms with Crippen LogP contribution in [0.15, 0.2) is 17.1 Å². The molecule has 194 valence electrons. The van der Waals surface area contributed by atoms with Crippen LogP contribution < -0.4 is 50.8 Å². The van der Waals surface area contributed by atoms with Gasteiger partial charge in [-0.05, 0) is 6.07 Å². The fraction of sp³-hybridized carbons (Fsp3) is 0.714. The van der Waals surface area contributed by atoms with Gasteiger partial charge < -0.3 is 55.0 Å². The number of nitrogens with zero attached hydrogens (tertiary/aromatic N) is 3. The Hall–Kier alpha value is -0.300. The molecule has 1 aliphatic rings. The van der Waals surface area contributed by atoms with Crippen LogP contribution in [-0.4, -0.2) is 94.4 Å². The summed E-state index contributed by atoms with van der Waals surface area (Å²) in [5, 5.41) is 20.2. The summed E-state index contributed by atoms with van der Waals surface area (Å²) in [4.78, 5) is 38.9. The van der Waals surface area contributed by atoms with E-state index in [4.69, 9.17) is 10.5 Å². The van der Waals surface area contributed by atoms with Gasteiger partial charge in [-0.2, -0.15) is 4.98 Å². The van der Waals surface area contributed by atoms with E-state index in [1.165, 1.54) is 6.07 Å². The Kier molecular flexibility index (Phi) is 14.6. The molecule has 0 amide bonds. The smallest absolute Gasteiger partial charge is 0.756 e. The summed E-state index contributed by atoms with van der Waals surface area (Å²) in [6, 6.07) is 1.25. The van der Waals surface area contributed by atoms with Crippen LogP contribution >= 0.6 is 15.6 Å². The van der Waals surface area contributed by atoms with Crippen LogP contribution in [0.1, 0.15) is 6.23 Å². The molecule has 0 spiro atoms. The Labute approximate surface area is 216 Å². The number of rotatable bonds is 10. The summed E-state index contributed by atoms with van der Waals surface area (Å²) in [5.41, 5.74) is 4.50. The van der Waals surface area contributed by atoms with Gasteiger partial charge >= 0.3 is 35.2 Å². The molecule has 20 heteroatoms. The zero-order valence-corrected chi connectivity index (χ0v) is 22.8. The van der Waals surface area contributed by atoms with Crippen molar-refractivity contribution in [3.8, 4) is 0 Å². The van der Waals surface area contributed by atoms with Crippen molar-refractivity contribution < 1.29 is 92.2 Å². The maximum absolute atomic E-state index is 11.9. The van der Waals surface area contributed by atoms with Gasteiger partial charge in [0.15, 0.2) is 6.23 Å². The quantitative estimate of drug-likeness (QED) is 0.140. The fourth-order valence-electron chi connectivity index (χ4n) is 2.48. The Morgan fingerprint density at radius 1 is 1.18 bits per heavy atom. The number of ether oxygens (including phenoxy) is 1. The van der Waals surface area contributed by atoms with Crippen LogP contribution in [0.3, 0.4) is 0 Å². The second-order valence-corrected chi connectivity index (χ2v) is 10.7. The number of nitrogen functional groups attached to an aromatic ring is 1. The van der Waals surface area contributed by atoms with Gasteiger partial charge in [-0.1, -0.05) is 0 Å². The standard InChI is InChI=1S/C14H26N4O11P2.Na.2H2O/c1-18(2,3)6-7-26-30(22,23)29-31(24,25)27-8-9-11(19)12(20)13(28-9)17-5-4-10(15)16-14(17)21;;;/h4-5,9,11-13,19-20H,6-8H2,1-3H3,(H3-,15,16,21,22,23,24,25);;2*1H2/q;+1;;/p-1/t9-,11?,12?,13-;;;/m1.../s1. The molecule has 0 aromatic carbocycles. The van der Waals surface area contributed by atoms with Crippen molar-refractivity contribution in [3.05, 3.63) is 22.7 Å². The van der Waals surface area contributed by atoms with Crippen LogP contribution in [0.2, 0.25) is 0 Å². The molecule has 8 N–H and O–H groups in total. The van der Waals surface area contributed by atoms with Gasteiger partial charge in [0.2, 0.25) is 0 Å². The number of phosphoric acid groups is 2. The molecular formula is C14H29N4NaO13P2. The van der Waals surface area contributed by atoms with Gasteiger partial charge in [-0.25, -0.2) is 9.11 Å². The average Bonchev–Trinajstić information content (AvgIpc) is 2.86. The van der Waals surface area contributed by atoms with Crippen LogP contribution in [0.5, 0.6) is 0 Å². The van der Waals surface area contributed by atoms with E-state index in [0.29, 0.717) is 4.48 Å². The predicted molar refractivity (Wildman–Crippen MR) is 107 cm³/mol. The monoisotopic (exact) mass is 546 g/mol. The maximum atomic E-state index is 11.9. The first-order valence-electron chi connectivity index (χ1n) is 8.89. The third kappa shape index (κ3) is 10.8. The molecule has 2 rings (SSSR count). The third-order valence-corrected chi connectivity index (χ3v) is 6.64. The molecule has 1 aromatic rings. The second kappa shape index (κ2) is 13.9. The zero-order chi connectivity index (χ0) is 23.6. The molecule has 34 heavy (non-hydrogen) atoms. The molecule has 4 unspecified atom stereocenters. The van der Waals surface area contributed by atoms with Crippen molar-refractivity contribution in [2.75, 3.05) is 46.6 Å². The molecule has 1 aliphatic heterocycles. The van der Waals surface area contributed by atoms with Crippen molar-refractivity contribution in [1.29, 1.82) is 0 Å².